The molecule has 1 aliphatic carbocycles. The van der Waals surface area contributed by atoms with Gasteiger partial charge in [-0.1, -0.05) is 37.3 Å². The molecule has 294 valence electrons. The van der Waals surface area contributed by atoms with E-state index in [1.165, 1.54) is 28.6 Å². The number of carbonyl (C=O) groups is 4. The van der Waals surface area contributed by atoms with Crippen LogP contribution in [0.5, 0.6) is 0 Å². The highest BCUT2D eigenvalue weighted by molar-refractivity contribution is 7.89. The quantitative estimate of drug-likeness (QED) is 0.117. The Hall–Kier alpha value is -5.60. The van der Waals surface area contributed by atoms with Crippen molar-refractivity contribution in [1.29, 1.82) is 0 Å². The summed E-state index contributed by atoms with van der Waals surface area (Å²) in [6.45, 7) is 3.54. The number of carboxylic acids is 1. The molecule has 4 aromatic rings. The SMILES string of the molecule is CCN(C1CCC(C(=O)O)CC1)S(=O)(=O)c1cccc(C(=O)Nc2ccc(N3CCCCC3)nc2C(=O)Nc2ccc(CCc3ccc(C(N)=O)cc3)cc2)c1. The number of benzene rings is 3. The van der Waals surface area contributed by atoms with Gasteiger partial charge in [0.1, 0.15) is 5.82 Å². The molecule has 13 nitrogen and oxygen atoms in total. The van der Waals surface area contributed by atoms with Crippen LogP contribution in [0.1, 0.15) is 94.2 Å². The van der Waals surface area contributed by atoms with E-state index < -0.39 is 39.6 Å². The Labute approximate surface area is 327 Å². The summed E-state index contributed by atoms with van der Waals surface area (Å²) in [5.74, 6) is -2.31. The Kier molecular flexibility index (Phi) is 12.8. The maximum atomic E-state index is 13.9. The molecule has 2 heterocycles. The lowest BCUT2D eigenvalue weighted by molar-refractivity contribution is -0.143. The lowest BCUT2D eigenvalue weighted by Gasteiger charge is -2.34. The van der Waals surface area contributed by atoms with Crippen molar-refractivity contribution in [3.05, 3.63) is 113 Å². The number of anilines is 3. The van der Waals surface area contributed by atoms with Crippen molar-refractivity contribution >= 4 is 50.9 Å². The zero-order chi connectivity index (χ0) is 39.8. The van der Waals surface area contributed by atoms with Crippen LogP contribution >= 0.6 is 0 Å². The van der Waals surface area contributed by atoms with Gasteiger partial charge in [0.15, 0.2) is 5.69 Å². The summed E-state index contributed by atoms with van der Waals surface area (Å²) in [5, 5.41) is 15.1. The summed E-state index contributed by atoms with van der Waals surface area (Å²) < 4.78 is 29.1. The monoisotopic (exact) mass is 780 g/mol. The molecule has 1 saturated heterocycles. The van der Waals surface area contributed by atoms with Gasteiger partial charge < -0.3 is 26.4 Å². The van der Waals surface area contributed by atoms with Gasteiger partial charge in [-0.15, -0.1) is 0 Å². The lowest BCUT2D eigenvalue weighted by Crippen LogP contribution is -2.42. The molecule has 0 spiro atoms. The number of aromatic nitrogens is 1. The second-order valence-electron chi connectivity index (χ2n) is 14.4. The molecule has 14 heteroatoms. The first-order chi connectivity index (χ1) is 26.9. The number of aliphatic carboxylic acids is 1. The molecule has 0 unspecified atom stereocenters. The molecule has 1 saturated carbocycles. The Morgan fingerprint density at radius 1 is 0.804 bits per heavy atom. The Bertz CT molecular complexity index is 2160. The minimum Gasteiger partial charge on any atom is -0.481 e. The van der Waals surface area contributed by atoms with Gasteiger partial charge in [-0.3, -0.25) is 19.2 Å². The minimum absolute atomic E-state index is 0.0165. The van der Waals surface area contributed by atoms with Crippen LogP contribution < -0.4 is 21.3 Å². The van der Waals surface area contributed by atoms with Crippen molar-refractivity contribution in [3.8, 4) is 0 Å². The van der Waals surface area contributed by atoms with Crippen LogP contribution in [0.25, 0.3) is 0 Å². The number of carboxylic acid groups (broad SMARTS) is 1. The number of aryl methyl sites for hydroxylation is 2. The summed E-state index contributed by atoms with van der Waals surface area (Å²) in [4.78, 5) is 57.2. The van der Waals surface area contributed by atoms with E-state index >= 15 is 0 Å². The predicted octanol–water partition coefficient (Wildman–Crippen LogP) is 6.11. The molecule has 0 atom stereocenters. The van der Waals surface area contributed by atoms with E-state index in [0.29, 0.717) is 42.8 Å². The maximum Gasteiger partial charge on any atom is 0.306 e. The summed E-state index contributed by atoms with van der Waals surface area (Å²) in [6.07, 6.45) is 6.30. The first-order valence-corrected chi connectivity index (χ1v) is 20.6. The predicted molar refractivity (Wildman–Crippen MR) is 214 cm³/mol. The molecule has 2 aliphatic rings. The number of amides is 3. The van der Waals surface area contributed by atoms with Crippen LogP contribution in [0, 0.1) is 5.92 Å². The molecule has 2 fully saturated rings. The van der Waals surface area contributed by atoms with Gasteiger partial charge in [0.2, 0.25) is 15.9 Å². The molecule has 3 aromatic carbocycles. The molecular formula is C42H48N6O7S. The van der Waals surface area contributed by atoms with E-state index in [4.69, 9.17) is 10.7 Å². The Morgan fingerprint density at radius 2 is 1.45 bits per heavy atom. The second kappa shape index (κ2) is 17.9. The molecule has 5 N–H and O–H groups in total. The standard InChI is InChI=1S/C42H48N6O7S/c1-2-48(34-21-17-31(18-22-34)42(52)53)56(54,55)35-8-6-7-32(27-35)40(50)45-36-23-24-37(47-25-4-3-5-26-47)46-38(36)41(51)44-33-19-13-29(14-20-33)10-9-28-11-15-30(16-12-28)39(43)49/h6-8,11-16,19-20,23-24,27,31,34H,2-5,9-10,17-18,21-22,25-26H2,1H3,(H2,43,49)(H,44,51)(H,45,50)(H,52,53). The number of hydrogen-bond acceptors (Lipinski definition) is 8. The Balaban J connectivity index is 1.17. The second-order valence-corrected chi connectivity index (χ2v) is 16.3. The van der Waals surface area contributed by atoms with E-state index in [0.717, 1.165) is 56.3 Å². The zero-order valence-electron chi connectivity index (χ0n) is 31.4. The van der Waals surface area contributed by atoms with Gasteiger partial charge in [0.25, 0.3) is 11.8 Å². The van der Waals surface area contributed by atoms with Gasteiger partial charge in [-0.25, -0.2) is 13.4 Å². The van der Waals surface area contributed by atoms with Crippen molar-refractivity contribution in [2.24, 2.45) is 11.7 Å². The molecule has 6 rings (SSSR count). The van der Waals surface area contributed by atoms with Crippen molar-refractivity contribution in [3.63, 3.8) is 0 Å². The molecule has 56 heavy (non-hydrogen) atoms. The summed E-state index contributed by atoms with van der Waals surface area (Å²) in [6, 6.07) is 23.5. The summed E-state index contributed by atoms with van der Waals surface area (Å²) in [5.41, 5.74) is 8.74. The van der Waals surface area contributed by atoms with E-state index in [2.05, 4.69) is 15.5 Å². The van der Waals surface area contributed by atoms with Crippen LogP contribution in [0.15, 0.2) is 89.8 Å². The largest absolute Gasteiger partial charge is 0.481 e. The first kappa shape index (κ1) is 40.1. The number of piperidine rings is 1. The van der Waals surface area contributed by atoms with Crippen molar-refractivity contribution in [1.82, 2.24) is 9.29 Å². The lowest BCUT2D eigenvalue weighted by atomic mass is 9.86. The van der Waals surface area contributed by atoms with E-state index in [-0.39, 0.29) is 34.4 Å². The fraction of sp³-hybridized carbons (Fsp3) is 0.357. The average Bonchev–Trinajstić information content (AvgIpc) is 3.21. The highest BCUT2D eigenvalue weighted by Crippen LogP contribution is 2.32. The number of nitrogens with zero attached hydrogens (tertiary/aromatic N) is 3. The Morgan fingerprint density at radius 3 is 2.05 bits per heavy atom. The van der Waals surface area contributed by atoms with Crippen LogP contribution in [-0.2, 0) is 27.7 Å². The van der Waals surface area contributed by atoms with Gasteiger partial charge in [0, 0.05) is 42.5 Å². The maximum absolute atomic E-state index is 13.9. The fourth-order valence-corrected chi connectivity index (χ4v) is 9.19. The van der Waals surface area contributed by atoms with Crippen LogP contribution in [0.2, 0.25) is 0 Å². The number of carbonyl (C=O) groups excluding carboxylic acids is 3. The molecule has 0 bridgehead atoms. The third-order valence-corrected chi connectivity index (χ3v) is 12.7. The van der Waals surface area contributed by atoms with Crippen molar-refractivity contribution in [2.45, 2.75) is 75.6 Å². The molecule has 1 aliphatic heterocycles. The van der Waals surface area contributed by atoms with E-state index in [1.807, 2.05) is 24.3 Å². The smallest absolute Gasteiger partial charge is 0.306 e. The number of primary amides is 1. The number of hydrogen-bond donors (Lipinski definition) is 4. The minimum atomic E-state index is -4.01. The number of nitrogens with two attached hydrogens (primary N) is 1. The van der Waals surface area contributed by atoms with Gasteiger partial charge in [0.05, 0.1) is 16.5 Å². The van der Waals surface area contributed by atoms with Crippen molar-refractivity contribution < 1.29 is 32.7 Å². The molecule has 3 amide bonds. The zero-order valence-corrected chi connectivity index (χ0v) is 32.3. The van der Waals surface area contributed by atoms with Crippen LogP contribution in [0.3, 0.4) is 0 Å². The normalized spacial score (nSPS) is 17.3. The van der Waals surface area contributed by atoms with Gasteiger partial charge >= 0.3 is 5.97 Å². The topological polar surface area (TPSA) is 192 Å². The number of pyridine rings is 1. The summed E-state index contributed by atoms with van der Waals surface area (Å²) >= 11 is 0. The third-order valence-electron chi connectivity index (χ3n) is 10.6. The fourth-order valence-electron chi connectivity index (χ4n) is 7.45. The molecular weight excluding hydrogens is 733 g/mol. The number of rotatable bonds is 14. The number of nitrogens with one attached hydrogen (secondary N) is 2. The van der Waals surface area contributed by atoms with E-state index in [9.17, 15) is 32.7 Å². The van der Waals surface area contributed by atoms with Crippen molar-refractivity contribution in [2.75, 3.05) is 35.2 Å². The van der Waals surface area contributed by atoms with Crippen LogP contribution in [0.4, 0.5) is 17.2 Å². The van der Waals surface area contributed by atoms with Crippen LogP contribution in [-0.4, -0.2) is 72.2 Å². The summed E-state index contributed by atoms with van der Waals surface area (Å²) in [7, 11) is -4.01. The van der Waals surface area contributed by atoms with E-state index in [1.54, 1.807) is 43.3 Å². The first-order valence-electron chi connectivity index (χ1n) is 19.1. The van der Waals surface area contributed by atoms with Gasteiger partial charge in [-0.05, 0) is 124 Å². The van der Waals surface area contributed by atoms with Gasteiger partial charge in [-0.2, -0.15) is 4.31 Å². The highest BCUT2D eigenvalue weighted by Gasteiger charge is 2.35. The highest BCUT2D eigenvalue weighted by atomic mass is 32.2. The molecule has 0 radical (unpaired) electrons. The third kappa shape index (κ3) is 9.61. The number of sulfonamides is 1. The molecule has 1 aromatic heterocycles. The average molecular weight is 781 g/mol.